The molecular weight excluding hydrogens is 212 g/mol. The standard InChI is InChI=1S/C14H20N2O/c1-12-7-5-6-10-16(12)11-14(17)15-13-8-3-2-4-9-13/h2-4,8-9,12H,5-7,10-11H2,1H3,(H,15,17). The minimum atomic E-state index is 0.0879. The van der Waals surface area contributed by atoms with E-state index in [4.69, 9.17) is 0 Å². The molecule has 1 atom stereocenters. The van der Waals surface area contributed by atoms with Crippen molar-refractivity contribution in [3.8, 4) is 0 Å². The van der Waals surface area contributed by atoms with Crippen molar-refractivity contribution in [2.75, 3.05) is 18.4 Å². The maximum Gasteiger partial charge on any atom is 0.238 e. The Labute approximate surface area is 103 Å². The summed E-state index contributed by atoms with van der Waals surface area (Å²) < 4.78 is 0. The van der Waals surface area contributed by atoms with E-state index in [0.29, 0.717) is 12.6 Å². The summed E-state index contributed by atoms with van der Waals surface area (Å²) in [5.41, 5.74) is 0.877. The quantitative estimate of drug-likeness (QED) is 0.868. The molecule has 0 saturated carbocycles. The van der Waals surface area contributed by atoms with Crippen LogP contribution in [0.15, 0.2) is 30.3 Å². The molecule has 1 aromatic rings. The molecule has 1 aliphatic rings. The van der Waals surface area contributed by atoms with Crippen LogP contribution in [0, 0.1) is 0 Å². The fourth-order valence-corrected chi connectivity index (χ4v) is 2.30. The minimum Gasteiger partial charge on any atom is -0.325 e. The molecule has 3 nitrogen and oxygen atoms in total. The number of hydrogen-bond donors (Lipinski definition) is 1. The molecule has 3 heteroatoms. The topological polar surface area (TPSA) is 32.3 Å². The van der Waals surface area contributed by atoms with Crippen molar-refractivity contribution in [1.82, 2.24) is 4.90 Å². The van der Waals surface area contributed by atoms with E-state index in [-0.39, 0.29) is 5.91 Å². The van der Waals surface area contributed by atoms with E-state index in [9.17, 15) is 4.79 Å². The van der Waals surface area contributed by atoms with Crippen molar-refractivity contribution in [1.29, 1.82) is 0 Å². The first-order valence-corrected chi connectivity index (χ1v) is 6.34. The molecule has 1 heterocycles. The van der Waals surface area contributed by atoms with Gasteiger partial charge in [0.2, 0.25) is 5.91 Å². The highest BCUT2D eigenvalue weighted by Crippen LogP contribution is 2.16. The van der Waals surface area contributed by atoms with Crippen molar-refractivity contribution in [3.05, 3.63) is 30.3 Å². The first-order chi connectivity index (χ1) is 8.25. The van der Waals surface area contributed by atoms with Gasteiger partial charge in [0, 0.05) is 11.7 Å². The third kappa shape index (κ3) is 3.56. The zero-order chi connectivity index (χ0) is 12.1. The van der Waals surface area contributed by atoms with E-state index in [0.717, 1.165) is 12.2 Å². The lowest BCUT2D eigenvalue weighted by Crippen LogP contribution is -2.42. The van der Waals surface area contributed by atoms with Crippen LogP contribution in [0.3, 0.4) is 0 Å². The number of hydrogen-bond acceptors (Lipinski definition) is 2. The van der Waals surface area contributed by atoms with Crippen molar-refractivity contribution >= 4 is 11.6 Å². The Hall–Kier alpha value is -1.35. The molecule has 1 saturated heterocycles. The number of carbonyl (C=O) groups excluding carboxylic acids is 1. The van der Waals surface area contributed by atoms with E-state index < -0.39 is 0 Å². The first-order valence-electron chi connectivity index (χ1n) is 6.34. The van der Waals surface area contributed by atoms with Crippen LogP contribution in [-0.2, 0) is 4.79 Å². The van der Waals surface area contributed by atoms with Gasteiger partial charge in [-0.3, -0.25) is 9.69 Å². The zero-order valence-corrected chi connectivity index (χ0v) is 10.4. The first kappa shape index (κ1) is 12.1. The molecule has 0 radical (unpaired) electrons. The highest BCUT2D eigenvalue weighted by atomic mass is 16.2. The van der Waals surface area contributed by atoms with E-state index >= 15 is 0 Å². The van der Waals surface area contributed by atoms with Crippen LogP contribution in [-0.4, -0.2) is 29.9 Å². The van der Waals surface area contributed by atoms with Crippen LogP contribution >= 0.6 is 0 Å². The van der Waals surface area contributed by atoms with Crippen molar-refractivity contribution in [2.24, 2.45) is 0 Å². The van der Waals surface area contributed by atoms with E-state index in [1.54, 1.807) is 0 Å². The predicted octanol–water partition coefficient (Wildman–Crippen LogP) is 2.50. The fraction of sp³-hybridized carbons (Fsp3) is 0.500. The van der Waals surface area contributed by atoms with Gasteiger partial charge in [0.05, 0.1) is 6.54 Å². The maximum absolute atomic E-state index is 11.9. The fourth-order valence-electron chi connectivity index (χ4n) is 2.30. The Morgan fingerprint density at radius 3 is 2.82 bits per heavy atom. The van der Waals surface area contributed by atoms with Crippen LogP contribution < -0.4 is 5.32 Å². The predicted molar refractivity (Wildman–Crippen MR) is 70.0 cm³/mol. The van der Waals surface area contributed by atoms with Gasteiger partial charge in [-0.2, -0.15) is 0 Å². The van der Waals surface area contributed by atoms with E-state index in [1.807, 2.05) is 30.3 Å². The van der Waals surface area contributed by atoms with Gasteiger partial charge >= 0.3 is 0 Å². The second kappa shape index (κ2) is 5.82. The molecule has 0 bridgehead atoms. The smallest absolute Gasteiger partial charge is 0.238 e. The molecule has 1 aromatic carbocycles. The van der Waals surface area contributed by atoms with Crippen molar-refractivity contribution in [3.63, 3.8) is 0 Å². The van der Waals surface area contributed by atoms with Crippen LogP contribution in [0.4, 0.5) is 5.69 Å². The van der Waals surface area contributed by atoms with Gasteiger partial charge < -0.3 is 5.32 Å². The number of benzene rings is 1. The second-order valence-electron chi connectivity index (χ2n) is 4.73. The minimum absolute atomic E-state index is 0.0879. The highest BCUT2D eigenvalue weighted by molar-refractivity contribution is 5.92. The van der Waals surface area contributed by atoms with Crippen molar-refractivity contribution < 1.29 is 4.79 Å². The number of carbonyl (C=O) groups is 1. The number of likely N-dealkylation sites (tertiary alicyclic amines) is 1. The molecule has 92 valence electrons. The lowest BCUT2D eigenvalue weighted by molar-refractivity contribution is -0.118. The highest BCUT2D eigenvalue weighted by Gasteiger charge is 2.20. The summed E-state index contributed by atoms with van der Waals surface area (Å²) in [5, 5.41) is 2.93. The summed E-state index contributed by atoms with van der Waals surface area (Å²) in [6.45, 7) is 3.76. The monoisotopic (exact) mass is 232 g/mol. The number of piperidine rings is 1. The number of nitrogens with zero attached hydrogens (tertiary/aromatic N) is 1. The molecule has 1 amide bonds. The van der Waals surface area contributed by atoms with Crippen LogP contribution in [0.25, 0.3) is 0 Å². The second-order valence-corrected chi connectivity index (χ2v) is 4.73. The summed E-state index contributed by atoms with van der Waals surface area (Å²) in [6, 6.07) is 10.2. The van der Waals surface area contributed by atoms with Crippen LogP contribution in [0.2, 0.25) is 0 Å². The van der Waals surface area contributed by atoms with Gasteiger partial charge in [-0.25, -0.2) is 0 Å². The normalized spacial score (nSPS) is 21.1. The molecule has 1 unspecified atom stereocenters. The molecule has 2 rings (SSSR count). The summed E-state index contributed by atoms with van der Waals surface area (Å²) in [5.74, 6) is 0.0879. The van der Waals surface area contributed by atoms with E-state index in [2.05, 4.69) is 17.1 Å². The number of rotatable bonds is 3. The molecule has 17 heavy (non-hydrogen) atoms. The average Bonchev–Trinajstić information content (AvgIpc) is 2.33. The summed E-state index contributed by atoms with van der Waals surface area (Å²) >= 11 is 0. The maximum atomic E-state index is 11.9. The lowest BCUT2D eigenvalue weighted by Gasteiger charge is -2.32. The molecule has 0 aliphatic carbocycles. The summed E-state index contributed by atoms with van der Waals surface area (Å²) in [4.78, 5) is 14.1. The van der Waals surface area contributed by atoms with E-state index in [1.165, 1.54) is 19.3 Å². The summed E-state index contributed by atoms with van der Waals surface area (Å²) in [6.07, 6.45) is 3.71. The van der Waals surface area contributed by atoms with Crippen LogP contribution in [0.5, 0.6) is 0 Å². The van der Waals surface area contributed by atoms with Crippen molar-refractivity contribution in [2.45, 2.75) is 32.2 Å². The molecule has 1 aliphatic heterocycles. The Bertz CT molecular complexity index is 364. The van der Waals surface area contributed by atoms with Gasteiger partial charge in [0.15, 0.2) is 0 Å². The molecule has 1 N–H and O–H groups in total. The summed E-state index contributed by atoms with van der Waals surface area (Å²) in [7, 11) is 0. The number of para-hydroxylation sites is 1. The Morgan fingerprint density at radius 1 is 1.35 bits per heavy atom. The van der Waals surface area contributed by atoms with Gasteiger partial charge in [-0.15, -0.1) is 0 Å². The van der Waals surface area contributed by atoms with Gasteiger partial charge in [-0.1, -0.05) is 24.6 Å². The largest absolute Gasteiger partial charge is 0.325 e. The third-order valence-electron chi connectivity index (χ3n) is 3.34. The molecule has 0 spiro atoms. The van der Waals surface area contributed by atoms with Gasteiger partial charge in [0.1, 0.15) is 0 Å². The third-order valence-corrected chi connectivity index (χ3v) is 3.34. The SMILES string of the molecule is CC1CCCCN1CC(=O)Nc1ccccc1. The molecule has 0 aromatic heterocycles. The Morgan fingerprint density at radius 2 is 2.12 bits per heavy atom. The number of amides is 1. The molecule has 1 fully saturated rings. The number of nitrogens with one attached hydrogen (secondary N) is 1. The lowest BCUT2D eigenvalue weighted by atomic mass is 10.0. The number of anilines is 1. The average molecular weight is 232 g/mol. The molecular formula is C14H20N2O. The Balaban J connectivity index is 1.84. The zero-order valence-electron chi connectivity index (χ0n) is 10.4. The Kier molecular flexibility index (Phi) is 4.15. The van der Waals surface area contributed by atoms with Gasteiger partial charge in [0.25, 0.3) is 0 Å². The van der Waals surface area contributed by atoms with Gasteiger partial charge in [-0.05, 0) is 38.4 Å². The van der Waals surface area contributed by atoms with Crippen LogP contribution in [0.1, 0.15) is 26.2 Å².